The lowest BCUT2D eigenvalue weighted by molar-refractivity contribution is -0.179. The van der Waals surface area contributed by atoms with Crippen LogP contribution in [0.2, 0.25) is 0 Å². The summed E-state index contributed by atoms with van der Waals surface area (Å²) in [6, 6.07) is 35.0. The van der Waals surface area contributed by atoms with Crippen molar-refractivity contribution in [3.8, 4) is 0 Å². The van der Waals surface area contributed by atoms with Gasteiger partial charge in [-0.1, -0.05) is 116 Å². The van der Waals surface area contributed by atoms with Crippen molar-refractivity contribution in [3.05, 3.63) is 137 Å². The molecule has 44 heavy (non-hydrogen) atoms. The molecule has 224 valence electrons. The zero-order valence-corrected chi connectivity index (χ0v) is 25.8. The normalized spacial score (nSPS) is 18.2. The SMILES string of the molecule is Cc1ccc(C(OC2C(=O)SC(=O)N2Cc2ccccc2)(c2ccccc2)C(C)(C)CN2CNc3ccccc3C2=O)cc1. The topological polar surface area (TPSA) is 79.0 Å². The van der Waals surface area contributed by atoms with Gasteiger partial charge in [0.2, 0.25) is 11.3 Å². The summed E-state index contributed by atoms with van der Waals surface area (Å²) in [5.74, 6) is -0.0772. The number of nitrogens with one attached hydrogen (secondary N) is 1. The number of ether oxygens (including phenoxy) is 1. The molecule has 2 aliphatic heterocycles. The number of aryl methyl sites for hydroxylation is 1. The first-order chi connectivity index (χ1) is 21.2. The predicted molar refractivity (Wildman–Crippen MR) is 173 cm³/mol. The Labute approximate surface area is 262 Å². The molecule has 0 saturated carbocycles. The Kier molecular flexibility index (Phi) is 8.05. The summed E-state index contributed by atoms with van der Waals surface area (Å²) >= 11 is 0.677. The molecule has 2 atom stereocenters. The van der Waals surface area contributed by atoms with Gasteiger partial charge in [-0.3, -0.25) is 19.3 Å². The van der Waals surface area contributed by atoms with Crippen molar-refractivity contribution in [1.82, 2.24) is 9.80 Å². The Morgan fingerprint density at radius 2 is 1.43 bits per heavy atom. The number of para-hydroxylation sites is 1. The second kappa shape index (κ2) is 11.9. The monoisotopic (exact) mass is 605 g/mol. The van der Waals surface area contributed by atoms with E-state index < -0.39 is 17.2 Å². The van der Waals surface area contributed by atoms with Crippen molar-refractivity contribution < 1.29 is 19.1 Å². The van der Waals surface area contributed by atoms with E-state index in [9.17, 15) is 14.4 Å². The molecule has 6 rings (SSSR count). The van der Waals surface area contributed by atoms with Gasteiger partial charge in [-0.2, -0.15) is 0 Å². The molecule has 1 N–H and O–H groups in total. The molecule has 0 aromatic heterocycles. The Hall–Kier alpha value is -4.40. The number of carbonyl (C=O) groups is 3. The highest BCUT2D eigenvalue weighted by molar-refractivity contribution is 8.26. The van der Waals surface area contributed by atoms with Crippen molar-refractivity contribution in [2.45, 2.75) is 39.1 Å². The number of benzene rings is 4. The summed E-state index contributed by atoms with van der Waals surface area (Å²) in [5.41, 5.74) is 3.00. The first-order valence-corrected chi connectivity index (χ1v) is 15.5. The van der Waals surface area contributed by atoms with Gasteiger partial charge in [-0.05, 0) is 35.7 Å². The quantitative estimate of drug-likeness (QED) is 0.221. The number of hydrogen-bond donors (Lipinski definition) is 1. The van der Waals surface area contributed by atoms with Crippen LogP contribution in [-0.2, 0) is 21.7 Å². The van der Waals surface area contributed by atoms with Crippen molar-refractivity contribution in [2.24, 2.45) is 5.41 Å². The fourth-order valence-electron chi connectivity index (χ4n) is 6.29. The van der Waals surface area contributed by atoms with Gasteiger partial charge in [-0.25, -0.2) is 0 Å². The average Bonchev–Trinajstić information content (AvgIpc) is 3.29. The van der Waals surface area contributed by atoms with Crippen LogP contribution in [0.1, 0.15) is 46.5 Å². The van der Waals surface area contributed by atoms with Crippen LogP contribution in [0.15, 0.2) is 109 Å². The van der Waals surface area contributed by atoms with E-state index in [1.807, 2.05) is 116 Å². The molecule has 0 aliphatic carbocycles. The number of thioether (sulfide) groups is 1. The molecule has 1 fully saturated rings. The molecule has 7 nitrogen and oxygen atoms in total. The molecule has 2 aliphatic rings. The van der Waals surface area contributed by atoms with Crippen molar-refractivity contribution >= 4 is 33.7 Å². The van der Waals surface area contributed by atoms with Gasteiger partial charge >= 0.3 is 0 Å². The number of fused-ring (bicyclic) bond motifs is 1. The van der Waals surface area contributed by atoms with Crippen LogP contribution in [0.4, 0.5) is 10.5 Å². The van der Waals surface area contributed by atoms with Crippen LogP contribution in [0, 0.1) is 12.3 Å². The summed E-state index contributed by atoms with van der Waals surface area (Å²) in [6.07, 6.45) is -1.15. The second-order valence-corrected chi connectivity index (χ2v) is 12.9. The van der Waals surface area contributed by atoms with Gasteiger partial charge in [0.15, 0.2) is 0 Å². The Bertz CT molecular complexity index is 1680. The Morgan fingerprint density at radius 3 is 2.14 bits per heavy atom. The zero-order chi connectivity index (χ0) is 30.9. The molecule has 2 heterocycles. The number of amides is 2. The molecular formula is C36H35N3O4S. The second-order valence-electron chi connectivity index (χ2n) is 12.0. The van der Waals surface area contributed by atoms with Crippen molar-refractivity contribution in [3.63, 3.8) is 0 Å². The number of anilines is 1. The van der Waals surface area contributed by atoms with Gasteiger partial charge in [0.05, 0.1) is 12.2 Å². The highest BCUT2D eigenvalue weighted by atomic mass is 32.2. The van der Waals surface area contributed by atoms with E-state index in [1.165, 1.54) is 4.90 Å². The van der Waals surface area contributed by atoms with Crippen molar-refractivity contribution in [2.75, 3.05) is 18.5 Å². The minimum absolute atomic E-state index is 0.0772. The Balaban J connectivity index is 1.47. The average molecular weight is 606 g/mol. The fourth-order valence-corrected chi connectivity index (χ4v) is 7.02. The summed E-state index contributed by atoms with van der Waals surface area (Å²) in [5, 5.41) is 2.67. The van der Waals surface area contributed by atoms with Crippen LogP contribution < -0.4 is 5.32 Å². The first-order valence-electron chi connectivity index (χ1n) is 14.7. The maximum Gasteiger partial charge on any atom is 0.292 e. The van der Waals surface area contributed by atoms with Crippen LogP contribution >= 0.6 is 11.8 Å². The van der Waals surface area contributed by atoms with E-state index in [4.69, 9.17) is 4.74 Å². The highest BCUT2D eigenvalue weighted by Gasteiger charge is 2.55. The summed E-state index contributed by atoms with van der Waals surface area (Å²) in [7, 11) is 0. The number of carbonyl (C=O) groups excluding carboxylic acids is 3. The van der Waals surface area contributed by atoms with Crippen LogP contribution in [0.5, 0.6) is 0 Å². The van der Waals surface area contributed by atoms with Crippen LogP contribution in [-0.4, -0.2) is 45.5 Å². The van der Waals surface area contributed by atoms with E-state index in [1.54, 1.807) is 4.90 Å². The third-order valence-electron chi connectivity index (χ3n) is 8.47. The van der Waals surface area contributed by atoms with E-state index in [-0.39, 0.29) is 22.8 Å². The van der Waals surface area contributed by atoms with Gasteiger partial charge in [0.25, 0.3) is 11.1 Å². The lowest BCUT2D eigenvalue weighted by Crippen LogP contribution is -2.57. The standard InChI is InChI=1S/C36H35N3O4S/c1-25-18-20-28(21-19-25)36(27-14-8-5-9-15-27,35(2,3)23-38-24-37-30-17-11-10-16-29(30)31(38)40)43-32-33(41)44-34(42)39(32)22-26-12-6-4-7-13-26/h4-21,32,37H,22-24H2,1-3H3. The molecule has 8 heteroatoms. The predicted octanol–water partition coefficient (Wildman–Crippen LogP) is 7.03. The minimum Gasteiger partial charge on any atom is -0.367 e. The van der Waals surface area contributed by atoms with E-state index >= 15 is 0 Å². The molecule has 0 bridgehead atoms. The molecule has 2 unspecified atom stereocenters. The Morgan fingerprint density at radius 1 is 0.818 bits per heavy atom. The maximum absolute atomic E-state index is 13.8. The molecule has 4 aromatic rings. The fraction of sp³-hybridized carbons (Fsp3) is 0.250. The smallest absolute Gasteiger partial charge is 0.292 e. The third-order valence-corrected chi connectivity index (χ3v) is 9.29. The molecule has 1 saturated heterocycles. The molecule has 0 radical (unpaired) electrons. The van der Waals surface area contributed by atoms with Crippen molar-refractivity contribution in [1.29, 1.82) is 0 Å². The molecular weight excluding hydrogens is 570 g/mol. The van der Waals surface area contributed by atoms with Gasteiger partial charge in [-0.15, -0.1) is 0 Å². The van der Waals surface area contributed by atoms with Crippen LogP contribution in [0.25, 0.3) is 0 Å². The van der Waals surface area contributed by atoms with Crippen LogP contribution in [0.3, 0.4) is 0 Å². The van der Waals surface area contributed by atoms with E-state index in [2.05, 4.69) is 19.2 Å². The molecule has 4 aromatic carbocycles. The third kappa shape index (κ3) is 5.40. The maximum atomic E-state index is 13.8. The zero-order valence-electron chi connectivity index (χ0n) is 25.0. The molecule has 0 spiro atoms. The van der Waals surface area contributed by atoms with E-state index in [0.29, 0.717) is 30.5 Å². The number of nitrogens with zero attached hydrogens (tertiary/aromatic N) is 2. The van der Waals surface area contributed by atoms with E-state index in [0.717, 1.165) is 27.9 Å². The summed E-state index contributed by atoms with van der Waals surface area (Å²) in [6.45, 7) is 7.00. The lowest BCUT2D eigenvalue weighted by atomic mass is 9.66. The number of rotatable bonds is 9. The highest BCUT2D eigenvalue weighted by Crippen LogP contribution is 2.51. The van der Waals surface area contributed by atoms with Gasteiger partial charge < -0.3 is 15.0 Å². The summed E-state index contributed by atoms with van der Waals surface area (Å²) in [4.78, 5) is 43.9. The molecule has 2 amide bonds. The lowest BCUT2D eigenvalue weighted by Gasteiger charge is -2.51. The summed E-state index contributed by atoms with van der Waals surface area (Å²) < 4.78 is 7.17. The largest absolute Gasteiger partial charge is 0.367 e. The number of hydrogen-bond acceptors (Lipinski definition) is 6. The first kappa shape index (κ1) is 29.7. The van der Waals surface area contributed by atoms with Gasteiger partial charge in [0, 0.05) is 36.0 Å². The minimum atomic E-state index is -1.24. The van der Waals surface area contributed by atoms with Gasteiger partial charge in [0.1, 0.15) is 5.60 Å².